The SMILES string of the molecule is NC(=O)CC(NS(=O)(=O)c1ccccc1Cl)C(=O)O. The molecule has 1 atom stereocenters. The van der Waals surface area contributed by atoms with Crippen molar-refractivity contribution in [2.45, 2.75) is 17.4 Å². The van der Waals surface area contributed by atoms with Gasteiger partial charge in [0.05, 0.1) is 11.4 Å². The summed E-state index contributed by atoms with van der Waals surface area (Å²) in [6.07, 6.45) is -0.654. The third kappa shape index (κ3) is 4.19. The average Bonchev–Trinajstić information content (AvgIpc) is 2.27. The molecule has 1 amide bonds. The van der Waals surface area contributed by atoms with Gasteiger partial charge in [0.15, 0.2) is 0 Å². The first-order valence-electron chi connectivity index (χ1n) is 5.02. The van der Waals surface area contributed by atoms with E-state index in [1.54, 1.807) is 0 Å². The maximum atomic E-state index is 11.9. The number of nitrogens with one attached hydrogen (secondary N) is 1. The zero-order valence-electron chi connectivity index (χ0n) is 9.54. The molecule has 19 heavy (non-hydrogen) atoms. The van der Waals surface area contributed by atoms with Gasteiger partial charge in [-0.1, -0.05) is 23.7 Å². The summed E-state index contributed by atoms with van der Waals surface area (Å²) in [5, 5.41) is 8.78. The van der Waals surface area contributed by atoms with E-state index in [0.29, 0.717) is 0 Å². The standard InChI is InChI=1S/C10H11ClN2O5S/c11-6-3-1-2-4-8(6)19(17,18)13-7(10(15)16)5-9(12)14/h1-4,7,13H,5H2,(H2,12,14)(H,15,16). The minimum absolute atomic E-state index is 0.0572. The second kappa shape index (κ2) is 6.00. The monoisotopic (exact) mass is 306 g/mol. The Labute approximate surface area is 114 Å². The van der Waals surface area contributed by atoms with Gasteiger partial charge >= 0.3 is 5.97 Å². The highest BCUT2D eigenvalue weighted by Gasteiger charge is 2.27. The topological polar surface area (TPSA) is 127 Å². The van der Waals surface area contributed by atoms with Crippen LogP contribution in [-0.4, -0.2) is 31.4 Å². The Morgan fingerprint density at radius 2 is 1.95 bits per heavy atom. The van der Waals surface area contributed by atoms with Crippen molar-refractivity contribution in [2.24, 2.45) is 5.73 Å². The van der Waals surface area contributed by atoms with Crippen molar-refractivity contribution in [1.29, 1.82) is 0 Å². The molecule has 1 aromatic carbocycles. The highest BCUT2D eigenvalue weighted by molar-refractivity contribution is 7.89. The van der Waals surface area contributed by atoms with Gasteiger partial charge in [-0.3, -0.25) is 9.59 Å². The first-order chi connectivity index (χ1) is 8.74. The molecule has 1 aromatic rings. The number of carbonyl (C=O) groups excluding carboxylic acids is 1. The van der Waals surface area contributed by atoms with E-state index >= 15 is 0 Å². The van der Waals surface area contributed by atoms with Crippen molar-refractivity contribution in [3.05, 3.63) is 29.3 Å². The number of halogens is 1. The smallest absolute Gasteiger partial charge is 0.322 e. The Balaban J connectivity index is 3.04. The van der Waals surface area contributed by atoms with Gasteiger partial charge in [0, 0.05) is 0 Å². The van der Waals surface area contributed by atoms with Crippen LogP contribution in [0, 0.1) is 0 Å². The third-order valence-corrected chi connectivity index (χ3v) is 4.10. The first kappa shape index (κ1) is 15.4. The molecule has 0 spiro atoms. The number of hydrogen-bond donors (Lipinski definition) is 3. The van der Waals surface area contributed by atoms with Crippen LogP contribution in [0.5, 0.6) is 0 Å². The van der Waals surface area contributed by atoms with E-state index in [-0.39, 0.29) is 9.92 Å². The highest BCUT2D eigenvalue weighted by atomic mass is 35.5. The van der Waals surface area contributed by atoms with Gasteiger partial charge in [0.1, 0.15) is 10.9 Å². The molecule has 9 heteroatoms. The lowest BCUT2D eigenvalue weighted by Crippen LogP contribution is -2.43. The van der Waals surface area contributed by atoms with E-state index in [9.17, 15) is 18.0 Å². The van der Waals surface area contributed by atoms with E-state index in [4.69, 9.17) is 22.4 Å². The summed E-state index contributed by atoms with van der Waals surface area (Å²) in [5.41, 5.74) is 4.86. The lowest BCUT2D eigenvalue weighted by molar-refractivity contribution is -0.140. The lowest BCUT2D eigenvalue weighted by atomic mass is 10.2. The average molecular weight is 307 g/mol. The number of carboxylic acid groups (broad SMARTS) is 1. The number of carboxylic acids is 1. The summed E-state index contributed by atoms with van der Waals surface area (Å²) in [6, 6.07) is 3.89. The number of sulfonamides is 1. The Hall–Kier alpha value is -1.64. The number of aliphatic carboxylic acids is 1. The number of benzene rings is 1. The van der Waals surface area contributed by atoms with Gasteiger partial charge < -0.3 is 10.8 Å². The molecule has 0 fully saturated rings. The minimum atomic E-state index is -4.15. The number of rotatable bonds is 6. The molecule has 0 saturated heterocycles. The molecule has 0 bridgehead atoms. The van der Waals surface area contributed by atoms with Crippen molar-refractivity contribution in [1.82, 2.24) is 4.72 Å². The maximum Gasteiger partial charge on any atom is 0.322 e. The summed E-state index contributed by atoms with van der Waals surface area (Å²) in [6.45, 7) is 0. The van der Waals surface area contributed by atoms with E-state index < -0.39 is 34.4 Å². The molecular weight excluding hydrogens is 296 g/mol. The van der Waals surface area contributed by atoms with E-state index in [0.717, 1.165) is 0 Å². The lowest BCUT2D eigenvalue weighted by Gasteiger charge is -2.13. The summed E-state index contributed by atoms with van der Waals surface area (Å²) in [5.74, 6) is -2.44. The van der Waals surface area contributed by atoms with Crippen LogP contribution in [0.1, 0.15) is 6.42 Å². The number of primary amides is 1. The molecule has 4 N–H and O–H groups in total. The van der Waals surface area contributed by atoms with Crippen molar-refractivity contribution in [2.75, 3.05) is 0 Å². The fourth-order valence-corrected chi connectivity index (χ4v) is 3.00. The molecule has 0 heterocycles. The Morgan fingerprint density at radius 1 is 1.37 bits per heavy atom. The van der Waals surface area contributed by atoms with E-state index in [1.165, 1.54) is 24.3 Å². The first-order valence-corrected chi connectivity index (χ1v) is 6.88. The Bertz CT molecular complexity index is 602. The van der Waals surface area contributed by atoms with Crippen molar-refractivity contribution in [3.63, 3.8) is 0 Å². The normalized spacial score (nSPS) is 12.9. The van der Waals surface area contributed by atoms with Gasteiger partial charge in [-0.05, 0) is 12.1 Å². The molecule has 0 aliphatic rings. The fraction of sp³-hybridized carbons (Fsp3) is 0.200. The van der Waals surface area contributed by atoms with Crippen LogP contribution < -0.4 is 10.5 Å². The summed E-state index contributed by atoms with van der Waals surface area (Å²) < 4.78 is 25.7. The second-order valence-corrected chi connectivity index (χ2v) is 5.70. The van der Waals surface area contributed by atoms with Crippen LogP contribution in [0.3, 0.4) is 0 Å². The van der Waals surface area contributed by atoms with Gasteiger partial charge in [0.25, 0.3) is 0 Å². The molecule has 0 radical (unpaired) electrons. The van der Waals surface area contributed by atoms with Crippen molar-refractivity contribution < 1.29 is 23.1 Å². The number of carbonyl (C=O) groups is 2. The minimum Gasteiger partial charge on any atom is -0.480 e. The summed E-state index contributed by atoms with van der Waals surface area (Å²) in [4.78, 5) is 21.3. The largest absolute Gasteiger partial charge is 0.480 e. The second-order valence-electron chi connectivity index (χ2n) is 3.61. The number of hydrogen-bond acceptors (Lipinski definition) is 4. The summed E-state index contributed by atoms with van der Waals surface area (Å²) in [7, 11) is -4.15. The molecular formula is C10H11ClN2O5S. The molecule has 0 aromatic heterocycles. The predicted octanol–water partition coefficient (Wildman–Crippen LogP) is -0.0531. The molecule has 0 saturated carbocycles. The third-order valence-electron chi connectivity index (χ3n) is 2.13. The fourth-order valence-electron chi connectivity index (χ4n) is 1.29. The Morgan fingerprint density at radius 3 is 2.42 bits per heavy atom. The zero-order valence-corrected chi connectivity index (χ0v) is 11.1. The summed E-state index contributed by atoms with van der Waals surface area (Å²) >= 11 is 5.72. The number of nitrogens with two attached hydrogens (primary N) is 1. The van der Waals surface area contributed by atoms with Crippen LogP contribution in [0.2, 0.25) is 5.02 Å². The molecule has 0 aliphatic carbocycles. The quantitative estimate of drug-likeness (QED) is 0.679. The predicted molar refractivity (Wildman–Crippen MR) is 67.0 cm³/mol. The molecule has 7 nitrogen and oxygen atoms in total. The van der Waals surface area contributed by atoms with Gasteiger partial charge in [-0.15, -0.1) is 0 Å². The zero-order chi connectivity index (χ0) is 14.6. The van der Waals surface area contributed by atoms with E-state index in [2.05, 4.69) is 0 Å². The molecule has 1 unspecified atom stereocenters. The van der Waals surface area contributed by atoms with Crippen LogP contribution >= 0.6 is 11.6 Å². The Kier molecular flexibility index (Phi) is 4.87. The van der Waals surface area contributed by atoms with Crippen LogP contribution in [0.15, 0.2) is 29.2 Å². The van der Waals surface area contributed by atoms with Gasteiger partial charge in [-0.25, -0.2) is 8.42 Å². The molecule has 104 valence electrons. The van der Waals surface area contributed by atoms with Crippen molar-refractivity contribution >= 4 is 33.5 Å². The van der Waals surface area contributed by atoms with Gasteiger partial charge in [-0.2, -0.15) is 4.72 Å². The van der Waals surface area contributed by atoms with Crippen molar-refractivity contribution in [3.8, 4) is 0 Å². The highest BCUT2D eigenvalue weighted by Crippen LogP contribution is 2.20. The maximum absolute atomic E-state index is 11.9. The molecule has 0 aliphatic heterocycles. The van der Waals surface area contributed by atoms with Crippen LogP contribution in [-0.2, 0) is 19.6 Å². The molecule has 1 rings (SSSR count). The van der Waals surface area contributed by atoms with Crippen LogP contribution in [0.4, 0.5) is 0 Å². The van der Waals surface area contributed by atoms with Crippen LogP contribution in [0.25, 0.3) is 0 Å². The van der Waals surface area contributed by atoms with Gasteiger partial charge in [0.2, 0.25) is 15.9 Å². The number of amides is 1. The van der Waals surface area contributed by atoms with E-state index in [1.807, 2.05) is 4.72 Å².